The molecule has 3 nitrogen and oxygen atoms in total. The summed E-state index contributed by atoms with van der Waals surface area (Å²) in [5, 5.41) is 9.45. The zero-order valence-corrected chi connectivity index (χ0v) is 8.18. The van der Waals surface area contributed by atoms with Gasteiger partial charge in [0.15, 0.2) is 9.84 Å². The van der Waals surface area contributed by atoms with Gasteiger partial charge in [-0.25, -0.2) is 8.42 Å². The van der Waals surface area contributed by atoms with E-state index in [0.29, 0.717) is 18.6 Å². The van der Waals surface area contributed by atoms with Crippen molar-refractivity contribution >= 4 is 9.84 Å². The zero-order chi connectivity index (χ0) is 9.19. The summed E-state index contributed by atoms with van der Waals surface area (Å²) in [6.45, 7) is 1.88. The van der Waals surface area contributed by atoms with E-state index in [-0.39, 0.29) is 11.7 Å². The third-order valence-corrected chi connectivity index (χ3v) is 4.31. The molecule has 0 amide bonds. The van der Waals surface area contributed by atoms with Crippen molar-refractivity contribution in [1.82, 2.24) is 0 Å². The molecule has 72 valence electrons. The molecule has 1 N–H and O–H groups in total. The molecule has 1 aliphatic rings. The summed E-state index contributed by atoms with van der Waals surface area (Å²) in [5.41, 5.74) is 0. The maximum absolute atomic E-state index is 11.2. The molecular weight excluding hydrogens is 176 g/mol. The molecule has 0 aliphatic carbocycles. The van der Waals surface area contributed by atoms with Crippen molar-refractivity contribution in [2.45, 2.75) is 32.3 Å². The predicted octanol–water partition coefficient (Wildman–Crippen LogP) is 0.582. The summed E-state index contributed by atoms with van der Waals surface area (Å²) in [6.07, 6.45) is 1.79. The van der Waals surface area contributed by atoms with E-state index in [1.807, 2.05) is 6.92 Å². The molecule has 1 heterocycles. The Morgan fingerprint density at radius 1 is 1.58 bits per heavy atom. The first kappa shape index (κ1) is 9.99. The van der Waals surface area contributed by atoms with Gasteiger partial charge in [-0.05, 0) is 25.2 Å². The minimum atomic E-state index is -2.85. The normalized spacial score (nSPS) is 31.3. The standard InChI is InChI=1S/C8H16O3S/c1-2-8(9)7-4-3-5-12(10,11)6-7/h7-9H,2-6H2,1H3. The molecule has 12 heavy (non-hydrogen) atoms. The first-order valence-electron chi connectivity index (χ1n) is 4.43. The highest BCUT2D eigenvalue weighted by molar-refractivity contribution is 7.91. The van der Waals surface area contributed by atoms with Gasteiger partial charge in [-0.1, -0.05) is 6.92 Å². The Morgan fingerprint density at radius 2 is 2.25 bits per heavy atom. The molecule has 1 saturated heterocycles. The predicted molar refractivity (Wildman–Crippen MR) is 47.7 cm³/mol. The lowest BCUT2D eigenvalue weighted by atomic mass is 9.97. The van der Waals surface area contributed by atoms with Crippen LogP contribution in [0.4, 0.5) is 0 Å². The molecule has 2 atom stereocenters. The molecule has 1 rings (SSSR count). The van der Waals surface area contributed by atoms with E-state index >= 15 is 0 Å². The molecular formula is C8H16O3S. The lowest BCUT2D eigenvalue weighted by molar-refractivity contribution is 0.107. The van der Waals surface area contributed by atoms with Gasteiger partial charge in [-0.15, -0.1) is 0 Å². The molecule has 0 bridgehead atoms. The zero-order valence-electron chi connectivity index (χ0n) is 7.36. The van der Waals surface area contributed by atoms with Gasteiger partial charge in [-0.3, -0.25) is 0 Å². The number of rotatable bonds is 2. The number of aliphatic hydroxyl groups excluding tert-OH is 1. The van der Waals surface area contributed by atoms with E-state index in [9.17, 15) is 13.5 Å². The summed E-state index contributed by atoms with van der Waals surface area (Å²) < 4.78 is 22.3. The molecule has 0 saturated carbocycles. The topological polar surface area (TPSA) is 54.4 Å². The van der Waals surface area contributed by atoms with Gasteiger partial charge in [0.1, 0.15) is 0 Å². The smallest absolute Gasteiger partial charge is 0.150 e. The third kappa shape index (κ3) is 2.45. The number of hydrogen-bond donors (Lipinski definition) is 1. The van der Waals surface area contributed by atoms with Gasteiger partial charge in [-0.2, -0.15) is 0 Å². The Labute approximate surface area is 73.7 Å². The van der Waals surface area contributed by atoms with Crippen molar-refractivity contribution in [1.29, 1.82) is 0 Å². The van der Waals surface area contributed by atoms with Crippen LogP contribution in [0.3, 0.4) is 0 Å². The molecule has 0 spiro atoms. The number of aliphatic hydroxyl groups is 1. The largest absolute Gasteiger partial charge is 0.393 e. The van der Waals surface area contributed by atoms with Crippen LogP contribution in [0.15, 0.2) is 0 Å². The highest BCUT2D eigenvalue weighted by atomic mass is 32.2. The van der Waals surface area contributed by atoms with Crippen LogP contribution in [0.2, 0.25) is 0 Å². The minimum Gasteiger partial charge on any atom is -0.393 e. The molecule has 4 heteroatoms. The van der Waals surface area contributed by atoms with E-state index in [1.165, 1.54) is 0 Å². The van der Waals surface area contributed by atoms with Crippen LogP contribution in [-0.2, 0) is 9.84 Å². The lowest BCUT2D eigenvalue weighted by Gasteiger charge is -2.25. The molecule has 0 aromatic heterocycles. The van der Waals surface area contributed by atoms with Crippen LogP contribution in [0.25, 0.3) is 0 Å². The van der Waals surface area contributed by atoms with Gasteiger partial charge in [0.25, 0.3) is 0 Å². The summed E-state index contributed by atoms with van der Waals surface area (Å²) in [6, 6.07) is 0. The van der Waals surface area contributed by atoms with Gasteiger partial charge in [0.05, 0.1) is 17.6 Å². The average molecular weight is 192 g/mol. The van der Waals surface area contributed by atoms with Crippen molar-refractivity contribution in [3.8, 4) is 0 Å². The van der Waals surface area contributed by atoms with Gasteiger partial charge in [0, 0.05) is 0 Å². The van der Waals surface area contributed by atoms with E-state index in [4.69, 9.17) is 0 Å². The fourth-order valence-electron chi connectivity index (χ4n) is 1.70. The van der Waals surface area contributed by atoms with E-state index in [0.717, 1.165) is 6.42 Å². The van der Waals surface area contributed by atoms with E-state index in [1.54, 1.807) is 0 Å². The minimum absolute atomic E-state index is 0.0197. The highest BCUT2D eigenvalue weighted by Gasteiger charge is 2.28. The van der Waals surface area contributed by atoms with E-state index in [2.05, 4.69) is 0 Å². The maximum Gasteiger partial charge on any atom is 0.150 e. The van der Waals surface area contributed by atoms with Crippen molar-refractivity contribution in [2.24, 2.45) is 5.92 Å². The first-order chi connectivity index (χ1) is 5.55. The van der Waals surface area contributed by atoms with Crippen molar-refractivity contribution in [3.05, 3.63) is 0 Å². The van der Waals surface area contributed by atoms with E-state index < -0.39 is 15.9 Å². The Balaban J connectivity index is 2.58. The number of sulfone groups is 1. The Morgan fingerprint density at radius 3 is 2.75 bits per heavy atom. The summed E-state index contributed by atoms with van der Waals surface area (Å²) >= 11 is 0. The Kier molecular flexibility index (Phi) is 3.12. The van der Waals surface area contributed by atoms with Crippen molar-refractivity contribution < 1.29 is 13.5 Å². The highest BCUT2D eigenvalue weighted by Crippen LogP contribution is 2.22. The first-order valence-corrected chi connectivity index (χ1v) is 6.26. The fourth-order valence-corrected chi connectivity index (χ4v) is 3.51. The van der Waals surface area contributed by atoms with Crippen molar-refractivity contribution in [2.75, 3.05) is 11.5 Å². The molecule has 0 aromatic rings. The van der Waals surface area contributed by atoms with Crippen LogP contribution in [0.5, 0.6) is 0 Å². The Hall–Kier alpha value is -0.0900. The second kappa shape index (κ2) is 3.75. The molecule has 0 radical (unpaired) electrons. The Bertz CT molecular complexity index is 233. The van der Waals surface area contributed by atoms with Crippen LogP contribution < -0.4 is 0 Å². The van der Waals surface area contributed by atoms with Crippen LogP contribution in [-0.4, -0.2) is 31.1 Å². The van der Waals surface area contributed by atoms with Crippen LogP contribution >= 0.6 is 0 Å². The number of hydrogen-bond acceptors (Lipinski definition) is 3. The monoisotopic (exact) mass is 192 g/mol. The second-order valence-corrected chi connectivity index (χ2v) is 5.72. The summed E-state index contributed by atoms with van der Waals surface area (Å²) in [7, 11) is -2.85. The average Bonchev–Trinajstić information content (AvgIpc) is 2.01. The SMILES string of the molecule is CCC(O)C1CCCS(=O)(=O)C1. The van der Waals surface area contributed by atoms with Crippen LogP contribution in [0, 0.1) is 5.92 Å². The summed E-state index contributed by atoms with van der Waals surface area (Å²) in [4.78, 5) is 0. The fraction of sp³-hybridized carbons (Fsp3) is 1.00. The van der Waals surface area contributed by atoms with Crippen molar-refractivity contribution in [3.63, 3.8) is 0 Å². The quantitative estimate of drug-likeness (QED) is 0.696. The molecule has 1 aliphatic heterocycles. The van der Waals surface area contributed by atoms with Gasteiger partial charge < -0.3 is 5.11 Å². The second-order valence-electron chi connectivity index (χ2n) is 3.49. The lowest BCUT2D eigenvalue weighted by Crippen LogP contribution is -2.32. The molecule has 1 fully saturated rings. The summed E-state index contributed by atoms with van der Waals surface area (Å²) in [5.74, 6) is 0.468. The third-order valence-electron chi connectivity index (χ3n) is 2.46. The molecule has 2 unspecified atom stereocenters. The van der Waals surface area contributed by atoms with Gasteiger partial charge >= 0.3 is 0 Å². The van der Waals surface area contributed by atoms with Crippen LogP contribution in [0.1, 0.15) is 26.2 Å². The van der Waals surface area contributed by atoms with Gasteiger partial charge in [0.2, 0.25) is 0 Å². The molecule has 0 aromatic carbocycles. The maximum atomic E-state index is 11.2.